The predicted molar refractivity (Wildman–Crippen MR) is 82.6 cm³/mol. The molecule has 0 aliphatic carbocycles. The first-order valence-corrected chi connectivity index (χ1v) is 7.02. The summed E-state index contributed by atoms with van der Waals surface area (Å²) in [6.07, 6.45) is 5.40. The lowest BCUT2D eigenvalue weighted by Gasteiger charge is -2.30. The molecule has 0 unspecified atom stereocenters. The normalized spacial score (nSPS) is 14.5. The molecule has 2 heteroatoms. The molecule has 2 aromatic rings. The molecular formula is C17H20N2. The summed E-state index contributed by atoms with van der Waals surface area (Å²) in [6.45, 7) is 8.72. The Morgan fingerprint density at radius 3 is 2.89 bits per heavy atom. The van der Waals surface area contributed by atoms with Gasteiger partial charge in [0.25, 0.3) is 0 Å². The standard InChI is InChI=1S/C17H20N2/c1-4-8-19-9-6-13(3)15-10-14-12(2)5-7-18-16(14)11-17(15)19/h5-7,10-11H,4,8-9H2,1-3H3. The molecule has 0 bridgehead atoms. The van der Waals surface area contributed by atoms with Gasteiger partial charge >= 0.3 is 0 Å². The number of hydrogen-bond donors (Lipinski definition) is 0. The molecule has 19 heavy (non-hydrogen) atoms. The molecule has 2 heterocycles. The van der Waals surface area contributed by atoms with Crippen LogP contribution in [0.25, 0.3) is 16.5 Å². The first kappa shape index (κ1) is 12.2. The molecule has 0 amide bonds. The molecule has 2 nitrogen and oxygen atoms in total. The van der Waals surface area contributed by atoms with Gasteiger partial charge in [-0.15, -0.1) is 0 Å². The van der Waals surface area contributed by atoms with Crippen LogP contribution in [0.15, 0.2) is 30.5 Å². The lowest BCUT2D eigenvalue weighted by atomic mass is 9.96. The van der Waals surface area contributed by atoms with Crippen LogP contribution in [0.3, 0.4) is 0 Å². The van der Waals surface area contributed by atoms with Gasteiger partial charge in [0.1, 0.15) is 0 Å². The third kappa shape index (κ3) is 2.01. The largest absolute Gasteiger partial charge is 0.367 e. The summed E-state index contributed by atoms with van der Waals surface area (Å²) in [7, 11) is 0. The number of allylic oxidation sites excluding steroid dienone is 1. The van der Waals surface area contributed by atoms with E-state index in [1.165, 1.54) is 34.2 Å². The van der Waals surface area contributed by atoms with Gasteiger partial charge in [0.2, 0.25) is 0 Å². The van der Waals surface area contributed by atoms with E-state index in [2.05, 4.69) is 54.9 Å². The maximum atomic E-state index is 4.52. The van der Waals surface area contributed by atoms with E-state index in [-0.39, 0.29) is 0 Å². The number of hydrogen-bond acceptors (Lipinski definition) is 2. The van der Waals surface area contributed by atoms with Gasteiger partial charge in [-0.05, 0) is 49.6 Å². The van der Waals surface area contributed by atoms with Crippen LogP contribution < -0.4 is 4.90 Å². The highest BCUT2D eigenvalue weighted by atomic mass is 15.1. The Kier molecular flexibility index (Phi) is 3.02. The summed E-state index contributed by atoms with van der Waals surface area (Å²) in [6, 6.07) is 6.64. The van der Waals surface area contributed by atoms with Crippen molar-refractivity contribution in [1.29, 1.82) is 0 Å². The van der Waals surface area contributed by atoms with Crippen LogP contribution >= 0.6 is 0 Å². The minimum Gasteiger partial charge on any atom is -0.367 e. The second-order valence-electron chi connectivity index (χ2n) is 5.35. The molecule has 0 radical (unpaired) electrons. The fraction of sp³-hybridized carbons (Fsp3) is 0.353. The van der Waals surface area contributed by atoms with Gasteiger partial charge in [-0.3, -0.25) is 4.98 Å². The number of anilines is 1. The van der Waals surface area contributed by atoms with Crippen LogP contribution in [0.4, 0.5) is 5.69 Å². The summed E-state index contributed by atoms with van der Waals surface area (Å²) in [5, 5.41) is 1.27. The van der Waals surface area contributed by atoms with Crippen molar-refractivity contribution in [2.45, 2.75) is 27.2 Å². The average molecular weight is 252 g/mol. The molecule has 3 rings (SSSR count). The van der Waals surface area contributed by atoms with Crippen LogP contribution in [-0.4, -0.2) is 18.1 Å². The Morgan fingerprint density at radius 1 is 1.26 bits per heavy atom. The van der Waals surface area contributed by atoms with Gasteiger partial charge in [-0.25, -0.2) is 0 Å². The van der Waals surface area contributed by atoms with Crippen molar-refractivity contribution >= 4 is 22.2 Å². The van der Waals surface area contributed by atoms with Crippen molar-refractivity contribution in [3.63, 3.8) is 0 Å². The Hall–Kier alpha value is -1.83. The number of rotatable bonds is 2. The Labute approximate surface area is 114 Å². The van der Waals surface area contributed by atoms with Crippen LogP contribution in [0.1, 0.15) is 31.4 Å². The molecule has 1 aromatic heterocycles. The van der Waals surface area contributed by atoms with E-state index in [1.54, 1.807) is 0 Å². The molecule has 0 saturated heterocycles. The van der Waals surface area contributed by atoms with Gasteiger partial charge in [-0.2, -0.15) is 0 Å². The lowest BCUT2D eigenvalue weighted by Crippen LogP contribution is -2.27. The van der Waals surface area contributed by atoms with E-state index in [0.717, 1.165) is 18.6 Å². The quantitative estimate of drug-likeness (QED) is 0.797. The molecule has 0 atom stereocenters. The summed E-state index contributed by atoms with van der Waals surface area (Å²) in [4.78, 5) is 6.97. The summed E-state index contributed by atoms with van der Waals surface area (Å²) in [5.41, 5.74) is 6.49. The first-order chi connectivity index (χ1) is 9.20. The average Bonchev–Trinajstić information content (AvgIpc) is 2.41. The smallest absolute Gasteiger partial charge is 0.0725 e. The van der Waals surface area contributed by atoms with Crippen molar-refractivity contribution in [1.82, 2.24) is 4.98 Å². The number of nitrogens with zero attached hydrogens (tertiary/aromatic N) is 2. The van der Waals surface area contributed by atoms with E-state index >= 15 is 0 Å². The van der Waals surface area contributed by atoms with Crippen molar-refractivity contribution < 1.29 is 0 Å². The zero-order chi connectivity index (χ0) is 13.4. The Morgan fingerprint density at radius 2 is 2.11 bits per heavy atom. The Bertz CT molecular complexity index is 656. The molecule has 0 saturated carbocycles. The molecule has 98 valence electrons. The lowest BCUT2D eigenvalue weighted by molar-refractivity contribution is 0.810. The predicted octanol–water partition coefficient (Wildman–Crippen LogP) is 4.18. The second-order valence-corrected chi connectivity index (χ2v) is 5.35. The van der Waals surface area contributed by atoms with Crippen LogP contribution in [0.5, 0.6) is 0 Å². The highest BCUT2D eigenvalue weighted by molar-refractivity contribution is 5.93. The van der Waals surface area contributed by atoms with E-state index in [1.807, 2.05) is 6.20 Å². The summed E-state index contributed by atoms with van der Waals surface area (Å²) >= 11 is 0. The summed E-state index contributed by atoms with van der Waals surface area (Å²) in [5.74, 6) is 0. The van der Waals surface area contributed by atoms with Gasteiger partial charge in [0.15, 0.2) is 0 Å². The topological polar surface area (TPSA) is 16.1 Å². The number of aryl methyl sites for hydroxylation is 1. The van der Waals surface area contributed by atoms with Crippen LogP contribution in [-0.2, 0) is 0 Å². The minimum absolute atomic E-state index is 1.02. The van der Waals surface area contributed by atoms with E-state index in [0.29, 0.717) is 0 Å². The molecule has 1 aromatic carbocycles. The third-order valence-electron chi connectivity index (χ3n) is 3.95. The maximum Gasteiger partial charge on any atom is 0.0725 e. The van der Waals surface area contributed by atoms with Crippen molar-refractivity contribution in [2.24, 2.45) is 0 Å². The molecule has 1 aliphatic heterocycles. The molecular weight excluding hydrogens is 232 g/mol. The van der Waals surface area contributed by atoms with Crippen molar-refractivity contribution in [3.05, 3.63) is 41.6 Å². The SMILES string of the molecule is CCCN1CC=C(C)c2cc3c(C)ccnc3cc21. The zero-order valence-electron chi connectivity index (χ0n) is 11.9. The fourth-order valence-corrected chi connectivity index (χ4v) is 2.83. The fourth-order valence-electron chi connectivity index (χ4n) is 2.83. The van der Waals surface area contributed by atoms with Gasteiger partial charge in [0, 0.05) is 35.9 Å². The first-order valence-electron chi connectivity index (χ1n) is 7.02. The second kappa shape index (κ2) is 4.69. The van der Waals surface area contributed by atoms with Crippen molar-refractivity contribution in [2.75, 3.05) is 18.0 Å². The molecule has 0 spiro atoms. The van der Waals surface area contributed by atoms with E-state index < -0.39 is 0 Å². The van der Waals surface area contributed by atoms with E-state index in [9.17, 15) is 0 Å². The van der Waals surface area contributed by atoms with E-state index in [4.69, 9.17) is 0 Å². The number of aromatic nitrogens is 1. The molecule has 0 N–H and O–H groups in total. The monoisotopic (exact) mass is 252 g/mol. The highest BCUT2D eigenvalue weighted by Gasteiger charge is 2.17. The highest BCUT2D eigenvalue weighted by Crippen LogP contribution is 2.35. The van der Waals surface area contributed by atoms with Crippen LogP contribution in [0.2, 0.25) is 0 Å². The van der Waals surface area contributed by atoms with Crippen molar-refractivity contribution in [3.8, 4) is 0 Å². The van der Waals surface area contributed by atoms with Gasteiger partial charge in [-0.1, -0.05) is 13.0 Å². The third-order valence-corrected chi connectivity index (χ3v) is 3.95. The number of pyridine rings is 1. The minimum atomic E-state index is 1.02. The zero-order valence-corrected chi connectivity index (χ0v) is 11.9. The van der Waals surface area contributed by atoms with Gasteiger partial charge < -0.3 is 4.90 Å². The Balaban J connectivity index is 2.24. The number of fused-ring (bicyclic) bond motifs is 2. The van der Waals surface area contributed by atoms with Crippen LogP contribution in [0, 0.1) is 6.92 Å². The molecule has 1 aliphatic rings. The maximum absolute atomic E-state index is 4.52. The number of benzene rings is 1. The molecule has 0 fully saturated rings. The van der Waals surface area contributed by atoms with Gasteiger partial charge in [0.05, 0.1) is 5.52 Å². The summed E-state index contributed by atoms with van der Waals surface area (Å²) < 4.78 is 0.